The average molecular weight is 303 g/mol. The quantitative estimate of drug-likeness (QED) is 0.619. The molecular weight excluding hydrogens is 284 g/mol. The summed E-state index contributed by atoms with van der Waals surface area (Å²) in [6.07, 6.45) is 0. The highest BCUT2D eigenvalue weighted by molar-refractivity contribution is 7.99. The Labute approximate surface area is 130 Å². The van der Waals surface area contributed by atoms with Crippen LogP contribution in [0.1, 0.15) is 36.7 Å². The molecule has 2 rings (SSSR count). The Balaban J connectivity index is 2.12. The summed E-state index contributed by atoms with van der Waals surface area (Å²) in [7, 11) is 0. The van der Waals surface area contributed by atoms with Gasteiger partial charge in [-0.1, -0.05) is 36.0 Å². The van der Waals surface area contributed by atoms with Gasteiger partial charge in [-0.15, -0.1) is 0 Å². The van der Waals surface area contributed by atoms with Crippen molar-refractivity contribution in [1.29, 1.82) is 0 Å². The van der Waals surface area contributed by atoms with Crippen molar-refractivity contribution in [2.75, 3.05) is 0 Å². The van der Waals surface area contributed by atoms with Crippen LogP contribution < -0.4 is 0 Å². The van der Waals surface area contributed by atoms with E-state index in [9.17, 15) is 4.79 Å². The Hall–Kier alpha value is -1.19. The molecule has 0 saturated carbocycles. The number of hydrogen-bond donors (Lipinski definition) is 0. The van der Waals surface area contributed by atoms with Crippen LogP contribution in [0.2, 0.25) is 0 Å². The first-order chi connectivity index (χ1) is 9.36. The van der Waals surface area contributed by atoms with Crippen LogP contribution in [0.3, 0.4) is 0 Å². The van der Waals surface area contributed by atoms with Gasteiger partial charge in [0.25, 0.3) is 0 Å². The van der Waals surface area contributed by atoms with Crippen molar-refractivity contribution in [2.45, 2.75) is 35.3 Å². The first-order valence-corrected chi connectivity index (χ1v) is 7.82. The van der Waals surface area contributed by atoms with Crippen molar-refractivity contribution in [3.8, 4) is 0 Å². The number of benzene rings is 2. The van der Waals surface area contributed by atoms with Crippen LogP contribution in [0, 0.1) is 0 Å². The molecule has 0 unspecified atom stereocenters. The summed E-state index contributed by atoms with van der Waals surface area (Å²) in [4.78, 5) is 13.6. The third kappa shape index (κ3) is 3.90. The molecule has 2 aromatic carbocycles. The van der Waals surface area contributed by atoms with Crippen molar-refractivity contribution in [3.05, 3.63) is 59.7 Å². The van der Waals surface area contributed by atoms with Crippen LogP contribution in [0.4, 0.5) is 0 Å². The third-order valence-corrected chi connectivity index (χ3v) is 4.38. The summed E-state index contributed by atoms with van der Waals surface area (Å²) in [5.74, 6) is 0.102. The summed E-state index contributed by atoms with van der Waals surface area (Å²) in [6, 6.07) is 16.3. The van der Waals surface area contributed by atoms with Crippen LogP contribution in [-0.4, -0.2) is 5.78 Å². The maximum Gasteiger partial charge on any atom is 0.159 e. The van der Waals surface area contributed by atoms with Crippen molar-refractivity contribution in [3.63, 3.8) is 0 Å². The minimum Gasteiger partial charge on any atom is -0.295 e. The summed E-state index contributed by atoms with van der Waals surface area (Å²) in [5.41, 5.74) is 2.01. The second kappa shape index (κ2) is 6.06. The first kappa shape index (κ1) is 15.2. The van der Waals surface area contributed by atoms with E-state index in [4.69, 9.17) is 0 Å². The molecule has 0 aliphatic heterocycles. The Morgan fingerprint density at radius 1 is 0.950 bits per heavy atom. The normalized spacial score (nSPS) is 11.4. The molecule has 3 heteroatoms. The van der Waals surface area contributed by atoms with Crippen molar-refractivity contribution in [1.82, 2.24) is 0 Å². The lowest BCUT2D eigenvalue weighted by Gasteiger charge is -2.12. The molecule has 0 bridgehead atoms. The monoisotopic (exact) mass is 303 g/mol. The summed E-state index contributed by atoms with van der Waals surface area (Å²) in [6.45, 7) is 5.85. The third-order valence-electron chi connectivity index (χ3n) is 3.07. The zero-order valence-electron chi connectivity index (χ0n) is 11.9. The van der Waals surface area contributed by atoms with Gasteiger partial charge in [0, 0.05) is 20.9 Å². The van der Waals surface area contributed by atoms with Gasteiger partial charge in [0.2, 0.25) is 0 Å². The van der Waals surface area contributed by atoms with E-state index in [2.05, 4.69) is 50.7 Å². The molecule has 1 nitrogen and oxygen atoms in total. The van der Waals surface area contributed by atoms with Gasteiger partial charge in [0.15, 0.2) is 5.78 Å². The largest absolute Gasteiger partial charge is 0.295 e. The fraction of sp³-hybridized carbons (Fsp3) is 0.235. The highest BCUT2D eigenvalue weighted by Gasteiger charge is 2.20. The van der Waals surface area contributed by atoms with E-state index < -0.39 is 0 Å². The van der Waals surface area contributed by atoms with Gasteiger partial charge in [-0.25, -0.2) is 0 Å². The molecule has 0 aliphatic rings. The molecular formula is C17H19OS2+. The second-order valence-corrected chi connectivity index (χ2v) is 7.73. The first-order valence-electron chi connectivity index (χ1n) is 6.51. The van der Waals surface area contributed by atoms with E-state index in [0.29, 0.717) is 0 Å². The molecule has 0 radical (unpaired) electrons. The second-order valence-electron chi connectivity index (χ2n) is 5.33. The lowest BCUT2D eigenvalue weighted by molar-refractivity contribution is 0.101. The predicted octanol–water partition coefficient (Wildman–Crippen LogP) is 4.29. The van der Waals surface area contributed by atoms with E-state index >= 15 is 0 Å². The van der Waals surface area contributed by atoms with Gasteiger partial charge in [-0.2, -0.15) is 0 Å². The molecule has 0 fully saturated rings. The van der Waals surface area contributed by atoms with Gasteiger partial charge in [0.05, 0.1) is 0 Å². The molecule has 0 saturated heterocycles. The maximum absolute atomic E-state index is 11.2. The number of rotatable bonds is 4. The lowest BCUT2D eigenvalue weighted by atomic mass is 10.0. The minimum atomic E-state index is -0.00761. The van der Waals surface area contributed by atoms with Gasteiger partial charge < -0.3 is 0 Å². The van der Waals surface area contributed by atoms with E-state index in [1.807, 2.05) is 24.3 Å². The van der Waals surface area contributed by atoms with Gasteiger partial charge in [0.1, 0.15) is 4.75 Å². The Kier molecular flexibility index (Phi) is 4.61. The van der Waals surface area contributed by atoms with Gasteiger partial charge in [-0.3, -0.25) is 4.79 Å². The smallest absolute Gasteiger partial charge is 0.159 e. The molecule has 0 aliphatic carbocycles. The van der Waals surface area contributed by atoms with Crippen LogP contribution in [0.25, 0.3) is 0 Å². The van der Waals surface area contributed by atoms with Gasteiger partial charge in [-0.05, 0) is 57.7 Å². The molecule has 20 heavy (non-hydrogen) atoms. The van der Waals surface area contributed by atoms with E-state index in [-0.39, 0.29) is 10.5 Å². The fourth-order valence-corrected chi connectivity index (χ4v) is 2.82. The fourth-order valence-electron chi connectivity index (χ4n) is 1.83. The van der Waals surface area contributed by atoms with Gasteiger partial charge >= 0.3 is 0 Å². The van der Waals surface area contributed by atoms with E-state index in [1.54, 1.807) is 18.7 Å². The predicted molar refractivity (Wildman–Crippen MR) is 90.2 cm³/mol. The van der Waals surface area contributed by atoms with Crippen LogP contribution in [-0.2, 0) is 17.4 Å². The van der Waals surface area contributed by atoms with Crippen molar-refractivity contribution in [2.24, 2.45) is 0 Å². The summed E-state index contributed by atoms with van der Waals surface area (Å²) in [5, 5.41) is 0. The number of ketones is 1. The lowest BCUT2D eigenvalue weighted by Crippen LogP contribution is -2.11. The summed E-state index contributed by atoms with van der Waals surface area (Å²) < 4.78 is -0.00761. The number of Topliss-reactive ketones (excluding diaryl/α,β-unsaturated/α-hetero) is 1. The number of carbonyl (C=O) groups is 1. The zero-order chi connectivity index (χ0) is 14.8. The van der Waals surface area contributed by atoms with Crippen LogP contribution in [0.15, 0.2) is 58.3 Å². The molecule has 0 spiro atoms. The molecule has 0 N–H and O–H groups in total. The van der Waals surface area contributed by atoms with E-state index in [1.165, 1.54) is 10.5 Å². The molecule has 0 heterocycles. The molecule has 0 atom stereocenters. The Morgan fingerprint density at radius 3 is 1.80 bits per heavy atom. The summed E-state index contributed by atoms with van der Waals surface area (Å²) >= 11 is 5.41. The topological polar surface area (TPSA) is 17.1 Å². The molecule has 2 aromatic rings. The average Bonchev–Trinajstić information content (AvgIpc) is 2.39. The SMILES string of the molecule is CC(=O)c1ccc(Sc2ccc(C(C)(C)[SH2+])cc2)cc1. The van der Waals surface area contributed by atoms with Crippen LogP contribution in [0.5, 0.6) is 0 Å². The zero-order valence-corrected chi connectivity index (χ0v) is 13.8. The Bertz CT molecular complexity index is 592. The van der Waals surface area contributed by atoms with Crippen LogP contribution >= 0.6 is 11.8 Å². The standard InChI is InChI=1S/C17H18OS2/c1-12(18)13-4-8-15(9-5-13)20-16-10-6-14(7-11-16)17(2,3)19/h4-11,19H,1-3H3/p+1. The number of carbonyl (C=O) groups excluding carboxylic acids is 1. The minimum absolute atomic E-state index is 0.00761. The molecule has 0 aromatic heterocycles. The molecule has 104 valence electrons. The maximum atomic E-state index is 11.2. The Morgan fingerprint density at radius 2 is 1.40 bits per heavy atom. The van der Waals surface area contributed by atoms with Crippen molar-refractivity contribution >= 4 is 30.2 Å². The van der Waals surface area contributed by atoms with E-state index in [0.717, 1.165) is 10.5 Å². The van der Waals surface area contributed by atoms with Crippen molar-refractivity contribution < 1.29 is 4.79 Å². The highest BCUT2D eigenvalue weighted by atomic mass is 32.2. The molecule has 0 amide bonds. The number of hydrogen-bond acceptors (Lipinski definition) is 2. The highest BCUT2D eigenvalue weighted by Crippen LogP contribution is 2.30.